The zero-order valence-electron chi connectivity index (χ0n) is 9.25. The second kappa shape index (κ2) is 4.34. The van der Waals surface area contributed by atoms with Crippen LogP contribution in [0.2, 0.25) is 0 Å². The van der Waals surface area contributed by atoms with Crippen LogP contribution in [0.15, 0.2) is 58.2 Å². The molecule has 0 saturated heterocycles. The highest BCUT2D eigenvalue weighted by atomic mass is 79.9. The summed E-state index contributed by atoms with van der Waals surface area (Å²) in [7, 11) is 0. The highest BCUT2D eigenvalue weighted by Gasteiger charge is 2.06. The maximum atomic E-state index is 12.0. The zero-order valence-corrected chi connectivity index (χ0v) is 10.8. The van der Waals surface area contributed by atoms with Crippen LogP contribution in [0.25, 0.3) is 16.9 Å². The molecular formula is C13H8BrN3O. The van der Waals surface area contributed by atoms with Gasteiger partial charge in [0.1, 0.15) is 0 Å². The SMILES string of the molecule is O=c1cc(-c2ccncc2)nc2c(Br)cccn12. The highest BCUT2D eigenvalue weighted by Crippen LogP contribution is 2.19. The topological polar surface area (TPSA) is 47.3 Å². The van der Waals surface area contributed by atoms with E-state index in [0.29, 0.717) is 11.3 Å². The molecule has 0 unspecified atom stereocenters. The van der Waals surface area contributed by atoms with E-state index in [9.17, 15) is 4.79 Å². The first kappa shape index (κ1) is 11.1. The minimum Gasteiger partial charge on any atom is -0.269 e. The molecule has 0 fully saturated rings. The fraction of sp³-hybridized carbons (Fsp3) is 0. The first-order chi connectivity index (χ1) is 8.75. The van der Waals surface area contributed by atoms with E-state index in [4.69, 9.17) is 0 Å². The van der Waals surface area contributed by atoms with Gasteiger partial charge in [0.15, 0.2) is 5.65 Å². The van der Waals surface area contributed by atoms with Crippen LogP contribution >= 0.6 is 15.9 Å². The van der Waals surface area contributed by atoms with Crippen molar-refractivity contribution in [3.8, 4) is 11.3 Å². The van der Waals surface area contributed by atoms with Gasteiger partial charge < -0.3 is 0 Å². The van der Waals surface area contributed by atoms with E-state index >= 15 is 0 Å². The molecule has 0 radical (unpaired) electrons. The Kier molecular flexibility index (Phi) is 2.68. The lowest BCUT2D eigenvalue weighted by Gasteiger charge is -2.05. The molecule has 3 aromatic heterocycles. The molecule has 0 spiro atoms. The Labute approximate surface area is 111 Å². The van der Waals surface area contributed by atoms with Gasteiger partial charge in [-0.2, -0.15) is 0 Å². The summed E-state index contributed by atoms with van der Waals surface area (Å²) < 4.78 is 2.30. The van der Waals surface area contributed by atoms with E-state index in [0.717, 1.165) is 10.0 Å². The quantitative estimate of drug-likeness (QED) is 0.694. The van der Waals surface area contributed by atoms with Crippen LogP contribution in [-0.4, -0.2) is 14.4 Å². The van der Waals surface area contributed by atoms with Crippen LogP contribution in [0.3, 0.4) is 0 Å². The van der Waals surface area contributed by atoms with E-state index in [1.807, 2.05) is 18.2 Å². The van der Waals surface area contributed by atoms with Crippen molar-refractivity contribution < 1.29 is 0 Å². The Morgan fingerprint density at radius 2 is 1.94 bits per heavy atom. The van der Waals surface area contributed by atoms with Gasteiger partial charge in [0.2, 0.25) is 0 Å². The molecule has 3 aromatic rings. The predicted octanol–water partition coefficient (Wildman–Crippen LogP) is 2.52. The number of pyridine rings is 2. The molecule has 4 nitrogen and oxygen atoms in total. The number of halogens is 1. The van der Waals surface area contributed by atoms with Gasteiger partial charge >= 0.3 is 0 Å². The van der Waals surface area contributed by atoms with Gasteiger partial charge in [-0.25, -0.2) is 4.98 Å². The number of nitrogens with zero attached hydrogens (tertiary/aromatic N) is 3. The summed E-state index contributed by atoms with van der Waals surface area (Å²) in [6, 6.07) is 8.84. The Morgan fingerprint density at radius 1 is 1.17 bits per heavy atom. The van der Waals surface area contributed by atoms with E-state index in [2.05, 4.69) is 25.9 Å². The lowest BCUT2D eigenvalue weighted by atomic mass is 10.2. The van der Waals surface area contributed by atoms with Gasteiger partial charge in [-0.1, -0.05) is 0 Å². The molecule has 3 heterocycles. The molecule has 5 heteroatoms. The van der Waals surface area contributed by atoms with Crippen molar-refractivity contribution in [3.63, 3.8) is 0 Å². The molecule has 0 aliphatic carbocycles. The predicted molar refractivity (Wildman–Crippen MR) is 72.4 cm³/mol. The first-order valence-corrected chi connectivity index (χ1v) is 6.13. The number of hydrogen-bond donors (Lipinski definition) is 0. The molecule has 0 aromatic carbocycles. The van der Waals surface area contributed by atoms with Crippen molar-refractivity contribution >= 4 is 21.6 Å². The van der Waals surface area contributed by atoms with Gasteiger partial charge in [-0.05, 0) is 40.2 Å². The molecule has 18 heavy (non-hydrogen) atoms. The van der Waals surface area contributed by atoms with Crippen LogP contribution in [0.5, 0.6) is 0 Å². The first-order valence-electron chi connectivity index (χ1n) is 5.34. The van der Waals surface area contributed by atoms with Crippen LogP contribution in [-0.2, 0) is 0 Å². The summed E-state index contributed by atoms with van der Waals surface area (Å²) in [5, 5.41) is 0. The molecule has 3 rings (SSSR count). The Balaban J connectivity index is 2.34. The summed E-state index contributed by atoms with van der Waals surface area (Å²) >= 11 is 3.40. The van der Waals surface area contributed by atoms with Crippen molar-refractivity contribution in [2.75, 3.05) is 0 Å². The van der Waals surface area contributed by atoms with Crippen molar-refractivity contribution in [1.82, 2.24) is 14.4 Å². The maximum Gasteiger partial charge on any atom is 0.258 e. The largest absolute Gasteiger partial charge is 0.269 e. The molecule has 0 saturated carbocycles. The monoisotopic (exact) mass is 301 g/mol. The molecule has 0 aliphatic rings. The lowest BCUT2D eigenvalue weighted by Crippen LogP contribution is -2.14. The fourth-order valence-corrected chi connectivity index (χ4v) is 2.19. The van der Waals surface area contributed by atoms with Crippen LogP contribution in [0, 0.1) is 0 Å². The van der Waals surface area contributed by atoms with Crippen molar-refractivity contribution in [1.29, 1.82) is 0 Å². The van der Waals surface area contributed by atoms with Gasteiger partial charge in [-0.15, -0.1) is 0 Å². The van der Waals surface area contributed by atoms with Crippen molar-refractivity contribution in [2.45, 2.75) is 0 Å². The minimum absolute atomic E-state index is 0.104. The Bertz CT molecular complexity index is 768. The lowest BCUT2D eigenvalue weighted by molar-refractivity contribution is 1.04. The average molecular weight is 302 g/mol. The fourth-order valence-electron chi connectivity index (χ4n) is 1.76. The van der Waals surface area contributed by atoms with Crippen molar-refractivity contribution in [3.05, 3.63) is 63.7 Å². The van der Waals surface area contributed by atoms with Crippen LogP contribution in [0.4, 0.5) is 0 Å². The van der Waals surface area contributed by atoms with Gasteiger partial charge in [0, 0.05) is 30.2 Å². The highest BCUT2D eigenvalue weighted by molar-refractivity contribution is 9.10. The van der Waals surface area contributed by atoms with Crippen LogP contribution < -0.4 is 5.56 Å². The van der Waals surface area contributed by atoms with Gasteiger partial charge in [0.25, 0.3) is 5.56 Å². The van der Waals surface area contributed by atoms with Gasteiger partial charge in [-0.3, -0.25) is 14.2 Å². The van der Waals surface area contributed by atoms with E-state index in [1.165, 1.54) is 10.5 Å². The average Bonchev–Trinajstić information content (AvgIpc) is 2.41. The third-order valence-corrected chi connectivity index (χ3v) is 3.24. The van der Waals surface area contributed by atoms with Gasteiger partial charge in [0.05, 0.1) is 10.2 Å². The summed E-state index contributed by atoms with van der Waals surface area (Å²) in [5.74, 6) is 0. The second-order valence-electron chi connectivity index (χ2n) is 3.77. The third-order valence-electron chi connectivity index (χ3n) is 2.62. The number of fused-ring (bicyclic) bond motifs is 1. The number of hydrogen-bond acceptors (Lipinski definition) is 3. The van der Waals surface area contributed by atoms with E-state index in [-0.39, 0.29) is 5.56 Å². The normalized spacial score (nSPS) is 10.7. The number of aromatic nitrogens is 3. The molecule has 0 N–H and O–H groups in total. The summed E-state index contributed by atoms with van der Waals surface area (Å²) in [6.07, 6.45) is 5.06. The summed E-state index contributed by atoms with van der Waals surface area (Å²) in [6.45, 7) is 0. The maximum absolute atomic E-state index is 12.0. The van der Waals surface area contributed by atoms with E-state index < -0.39 is 0 Å². The molecule has 0 atom stereocenters. The standard InChI is InChI=1S/C13H8BrN3O/c14-10-2-1-7-17-12(18)8-11(16-13(10)17)9-3-5-15-6-4-9/h1-8H. The Morgan fingerprint density at radius 3 is 2.72 bits per heavy atom. The Hall–Kier alpha value is -2.01. The summed E-state index contributed by atoms with van der Waals surface area (Å²) in [5.41, 5.74) is 2.03. The van der Waals surface area contributed by atoms with Crippen molar-refractivity contribution in [2.24, 2.45) is 0 Å². The zero-order chi connectivity index (χ0) is 12.5. The number of rotatable bonds is 1. The molecule has 0 aliphatic heterocycles. The van der Waals surface area contributed by atoms with Crippen LogP contribution in [0.1, 0.15) is 0 Å². The second-order valence-corrected chi connectivity index (χ2v) is 4.62. The smallest absolute Gasteiger partial charge is 0.258 e. The minimum atomic E-state index is -0.104. The van der Waals surface area contributed by atoms with E-state index in [1.54, 1.807) is 24.7 Å². The molecule has 0 bridgehead atoms. The molecule has 0 amide bonds. The summed E-state index contributed by atoms with van der Waals surface area (Å²) in [4.78, 5) is 20.5. The molecule has 88 valence electrons. The molecular weight excluding hydrogens is 294 g/mol. The third kappa shape index (κ3) is 1.82.